The number of rotatable bonds is 6. The quantitative estimate of drug-likeness (QED) is 0.831. The third-order valence-corrected chi connectivity index (χ3v) is 4.54. The lowest BCUT2D eigenvalue weighted by atomic mass is 10.0. The molecule has 0 aliphatic heterocycles. The second-order valence-corrected chi connectivity index (χ2v) is 6.40. The third kappa shape index (κ3) is 4.39. The molecule has 0 radical (unpaired) electrons. The van der Waals surface area contributed by atoms with Crippen molar-refractivity contribution >= 4 is 11.9 Å². The van der Waals surface area contributed by atoms with Gasteiger partial charge in [0.05, 0.1) is 5.92 Å². The lowest BCUT2D eigenvalue weighted by molar-refractivity contribution is -0.142. The van der Waals surface area contributed by atoms with Gasteiger partial charge < -0.3 is 15.2 Å². The van der Waals surface area contributed by atoms with Crippen LogP contribution < -0.4 is 10.1 Å². The van der Waals surface area contributed by atoms with Crippen LogP contribution in [0, 0.1) is 11.7 Å². The van der Waals surface area contributed by atoms with Gasteiger partial charge in [-0.25, -0.2) is 4.39 Å². The van der Waals surface area contributed by atoms with Crippen molar-refractivity contribution in [2.24, 2.45) is 5.92 Å². The summed E-state index contributed by atoms with van der Waals surface area (Å²) in [7, 11) is 0. The fourth-order valence-electron chi connectivity index (χ4n) is 3.21. The summed E-state index contributed by atoms with van der Waals surface area (Å²) in [6.07, 6.45) is 2.05. The van der Waals surface area contributed by atoms with E-state index in [0.29, 0.717) is 24.2 Å². The van der Waals surface area contributed by atoms with Gasteiger partial charge in [0.15, 0.2) is 0 Å². The van der Waals surface area contributed by atoms with E-state index in [-0.39, 0.29) is 24.4 Å². The number of carboxylic acids is 1. The molecule has 0 saturated heterocycles. The number of halogens is 1. The van der Waals surface area contributed by atoms with Crippen molar-refractivity contribution in [2.75, 3.05) is 0 Å². The average molecular weight is 357 g/mol. The molecule has 1 aliphatic carbocycles. The van der Waals surface area contributed by atoms with E-state index in [4.69, 9.17) is 4.74 Å². The summed E-state index contributed by atoms with van der Waals surface area (Å²) >= 11 is 0. The second-order valence-electron chi connectivity index (χ2n) is 6.40. The Labute approximate surface area is 150 Å². The molecule has 2 aromatic carbocycles. The van der Waals surface area contributed by atoms with Gasteiger partial charge >= 0.3 is 5.97 Å². The molecule has 1 amide bonds. The molecule has 2 atom stereocenters. The molecule has 6 heteroatoms. The van der Waals surface area contributed by atoms with Gasteiger partial charge in [-0.15, -0.1) is 0 Å². The summed E-state index contributed by atoms with van der Waals surface area (Å²) < 4.78 is 18.7. The number of ether oxygens (including phenoxy) is 1. The van der Waals surface area contributed by atoms with Gasteiger partial charge in [-0.3, -0.25) is 9.59 Å². The predicted octanol–water partition coefficient (Wildman–Crippen LogP) is 3.39. The monoisotopic (exact) mass is 357 g/mol. The maximum Gasteiger partial charge on any atom is 0.308 e. The highest BCUT2D eigenvalue weighted by Gasteiger charge is 2.33. The standard InChI is InChI=1S/C20H20FNO4/c21-15-6-2-7-16(11-15)26-12-13-4-1-5-14(10-13)19(23)22-18-9-3-8-17(18)20(24)25/h1-2,4-7,10-11,17-18H,3,8-9,12H2,(H,22,23)(H,24,25)/t17-,18+/m1/s1. The molecule has 0 unspecified atom stereocenters. The summed E-state index contributed by atoms with van der Waals surface area (Å²) in [4.78, 5) is 23.7. The second kappa shape index (κ2) is 7.99. The van der Waals surface area contributed by atoms with Gasteiger partial charge in [0, 0.05) is 17.7 Å². The first-order chi connectivity index (χ1) is 12.5. The van der Waals surface area contributed by atoms with Crippen LogP contribution in [-0.4, -0.2) is 23.0 Å². The molecule has 0 spiro atoms. The summed E-state index contributed by atoms with van der Waals surface area (Å²) in [6, 6.07) is 12.4. The molecule has 0 bridgehead atoms. The van der Waals surface area contributed by atoms with Crippen LogP contribution in [0.25, 0.3) is 0 Å². The number of hydrogen-bond acceptors (Lipinski definition) is 3. The van der Waals surface area contributed by atoms with Crippen molar-refractivity contribution in [2.45, 2.75) is 31.9 Å². The fraction of sp³-hybridized carbons (Fsp3) is 0.300. The summed E-state index contributed by atoms with van der Waals surface area (Å²) in [5.74, 6) is -1.66. The van der Waals surface area contributed by atoms with Gasteiger partial charge in [-0.2, -0.15) is 0 Å². The van der Waals surface area contributed by atoms with Gasteiger partial charge in [0.25, 0.3) is 5.91 Å². The number of carboxylic acid groups (broad SMARTS) is 1. The Hall–Kier alpha value is -2.89. The number of hydrogen-bond donors (Lipinski definition) is 2. The van der Waals surface area contributed by atoms with Crippen LogP contribution in [0.3, 0.4) is 0 Å². The van der Waals surface area contributed by atoms with Crippen LogP contribution in [0.5, 0.6) is 5.75 Å². The van der Waals surface area contributed by atoms with Crippen LogP contribution in [0.15, 0.2) is 48.5 Å². The van der Waals surface area contributed by atoms with Crippen LogP contribution in [0.2, 0.25) is 0 Å². The van der Waals surface area contributed by atoms with Crippen molar-refractivity contribution in [1.82, 2.24) is 5.32 Å². The molecule has 0 aromatic heterocycles. The van der Waals surface area contributed by atoms with E-state index >= 15 is 0 Å². The van der Waals surface area contributed by atoms with E-state index in [9.17, 15) is 19.1 Å². The van der Waals surface area contributed by atoms with Crippen LogP contribution in [0.1, 0.15) is 35.2 Å². The molecule has 1 saturated carbocycles. The highest BCUT2D eigenvalue weighted by Crippen LogP contribution is 2.26. The van der Waals surface area contributed by atoms with Crippen molar-refractivity contribution in [3.8, 4) is 5.75 Å². The van der Waals surface area contributed by atoms with Crippen molar-refractivity contribution < 1.29 is 23.8 Å². The largest absolute Gasteiger partial charge is 0.489 e. The molecule has 2 aromatic rings. The Balaban J connectivity index is 1.63. The van der Waals surface area contributed by atoms with Crippen molar-refractivity contribution in [1.29, 1.82) is 0 Å². The van der Waals surface area contributed by atoms with Gasteiger partial charge in [-0.1, -0.05) is 24.6 Å². The summed E-state index contributed by atoms with van der Waals surface area (Å²) in [5.41, 5.74) is 1.21. The molecule has 1 aliphatic rings. The molecule has 2 N–H and O–H groups in total. The molecule has 5 nitrogen and oxygen atoms in total. The predicted molar refractivity (Wildman–Crippen MR) is 93.4 cm³/mol. The number of carbonyl (C=O) groups is 2. The SMILES string of the molecule is O=C(N[C@H]1CCC[C@H]1C(=O)O)c1cccc(COc2cccc(F)c2)c1. The fourth-order valence-corrected chi connectivity index (χ4v) is 3.21. The van der Waals surface area contributed by atoms with Gasteiger partial charge in [0.2, 0.25) is 0 Å². The highest BCUT2D eigenvalue weighted by atomic mass is 19.1. The average Bonchev–Trinajstić information content (AvgIpc) is 3.09. The molecule has 0 heterocycles. The molecule has 26 heavy (non-hydrogen) atoms. The Bertz CT molecular complexity index is 808. The van der Waals surface area contributed by atoms with E-state index in [2.05, 4.69) is 5.32 Å². The van der Waals surface area contributed by atoms with E-state index in [0.717, 1.165) is 12.0 Å². The minimum Gasteiger partial charge on any atom is -0.489 e. The maximum absolute atomic E-state index is 13.2. The zero-order chi connectivity index (χ0) is 18.5. The Morgan fingerprint density at radius 3 is 2.73 bits per heavy atom. The molecule has 1 fully saturated rings. The highest BCUT2D eigenvalue weighted by molar-refractivity contribution is 5.94. The molecular weight excluding hydrogens is 337 g/mol. The van der Waals surface area contributed by atoms with Crippen LogP contribution >= 0.6 is 0 Å². The van der Waals surface area contributed by atoms with Gasteiger partial charge in [0.1, 0.15) is 18.2 Å². The number of carbonyl (C=O) groups excluding carboxylic acids is 1. The number of aliphatic carboxylic acids is 1. The number of benzene rings is 2. The lowest BCUT2D eigenvalue weighted by Gasteiger charge is -2.17. The van der Waals surface area contributed by atoms with E-state index in [1.165, 1.54) is 12.1 Å². The summed E-state index contributed by atoms with van der Waals surface area (Å²) in [5, 5.41) is 12.0. The molecule has 136 valence electrons. The first kappa shape index (κ1) is 17.9. The van der Waals surface area contributed by atoms with Crippen LogP contribution in [0.4, 0.5) is 4.39 Å². The Morgan fingerprint density at radius 2 is 1.96 bits per heavy atom. The number of nitrogens with one attached hydrogen (secondary N) is 1. The Morgan fingerprint density at radius 1 is 1.15 bits per heavy atom. The van der Waals surface area contributed by atoms with Gasteiger partial charge in [-0.05, 0) is 42.7 Å². The minimum atomic E-state index is -0.870. The molecule has 3 rings (SSSR count). The summed E-state index contributed by atoms with van der Waals surface area (Å²) in [6.45, 7) is 0.200. The van der Waals surface area contributed by atoms with E-state index in [1.54, 1.807) is 30.3 Å². The molecular formula is C20H20FNO4. The Kier molecular flexibility index (Phi) is 5.51. The normalized spacial score (nSPS) is 19.1. The van der Waals surface area contributed by atoms with E-state index in [1.807, 2.05) is 6.07 Å². The van der Waals surface area contributed by atoms with Crippen LogP contribution in [-0.2, 0) is 11.4 Å². The van der Waals surface area contributed by atoms with Crippen molar-refractivity contribution in [3.05, 3.63) is 65.5 Å². The zero-order valence-corrected chi connectivity index (χ0v) is 14.2. The first-order valence-corrected chi connectivity index (χ1v) is 8.54. The maximum atomic E-state index is 13.2. The minimum absolute atomic E-state index is 0.200. The smallest absolute Gasteiger partial charge is 0.308 e. The zero-order valence-electron chi connectivity index (χ0n) is 14.2. The number of amides is 1. The van der Waals surface area contributed by atoms with Crippen molar-refractivity contribution in [3.63, 3.8) is 0 Å². The third-order valence-electron chi connectivity index (χ3n) is 4.54. The first-order valence-electron chi connectivity index (χ1n) is 8.54. The van der Waals surface area contributed by atoms with E-state index < -0.39 is 11.9 Å². The topological polar surface area (TPSA) is 75.6 Å². The lowest BCUT2D eigenvalue weighted by Crippen LogP contribution is -2.40.